The van der Waals surface area contributed by atoms with Crippen molar-refractivity contribution in [2.45, 2.75) is 43.7 Å². The Hall–Kier alpha value is -1.71. The number of carbonyl (C=O) groups excluding carboxylic acids is 1. The van der Waals surface area contributed by atoms with Crippen molar-refractivity contribution in [3.8, 4) is 0 Å². The van der Waals surface area contributed by atoms with Crippen LogP contribution in [0, 0.1) is 0 Å². The standard InChI is InChI=1S/C13H17NO4.C5H11NO2/c15-8-11-6-12(16)7-14(11)13(17)18-9-10-4-2-1-3-5-10;7-3-4-1-5(8)2-6-4/h1-5,11-12,15-16H,6-9H2;4-8H,1-3H2/t11-,12+;4-,5+/m00/s1. The minimum atomic E-state index is -0.577. The number of carbonyl (C=O) groups is 1. The van der Waals surface area contributed by atoms with E-state index in [1.807, 2.05) is 30.3 Å². The van der Waals surface area contributed by atoms with Crippen LogP contribution in [0.3, 0.4) is 0 Å². The fourth-order valence-electron chi connectivity index (χ4n) is 3.03. The molecule has 8 nitrogen and oxygen atoms in total. The van der Waals surface area contributed by atoms with Gasteiger partial charge < -0.3 is 35.4 Å². The van der Waals surface area contributed by atoms with Crippen molar-refractivity contribution in [3.05, 3.63) is 35.9 Å². The molecule has 0 aromatic heterocycles. The molecular formula is C18H28N2O6. The van der Waals surface area contributed by atoms with Crippen LogP contribution in [0.15, 0.2) is 30.3 Å². The van der Waals surface area contributed by atoms with E-state index in [4.69, 9.17) is 20.1 Å². The normalized spacial score (nSPS) is 27.8. The zero-order chi connectivity index (χ0) is 18.9. The lowest BCUT2D eigenvalue weighted by molar-refractivity contribution is 0.0772. The fourth-order valence-corrected chi connectivity index (χ4v) is 3.03. The van der Waals surface area contributed by atoms with Gasteiger partial charge in [-0.1, -0.05) is 30.3 Å². The van der Waals surface area contributed by atoms with Crippen LogP contribution in [0.25, 0.3) is 0 Å². The van der Waals surface area contributed by atoms with Gasteiger partial charge in [-0.3, -0.25) is 0 Å². The van der Waals surface area contributed by atoms with Gasteiger partial charge >= 0.3 is 6.09 Å². The van der Waals surface area contributed by atoms with Gasteiger partial charge in [-0.05, 0) is 18.4 Å². The lowest BCUT2D eigenvalue weighted by Crippen LogP contribution is -2.38. The molecule has 2 saturated heterocycles. The average molecular weight is 368 g/mol. The molecule has 26 heavy (non-hydrogen) atoms. The first-order valence-corrected chi connectivity index (χ1v) is 8.82. The number of aliphatic hydroxyl groups excluding tert-OH is 4. The molecule has 0 spiro atoms. The van der Waals surface area contributed by atoms with E-state index < -0.39 is 12.2 Å². The topological polar surface area (TPSA) is 122 Å². The number of hydrogen-bond donors (Lipinski definition) is 5. The molecule has 0 aliphatic carbocycles. The minimum absolute atomic E-state index is 0.130. The molecule has 8 heteroatoms. The van der Waals surface area contributed by atoms with E-state index >= 15 is 0 Å². The summed E-state index contributed by atoms with van der Waals surface area (Å²) in [5.41, 5.74) is 0.908. The summed E-state index contributed by atoms with van der Waals surface area (Å²) >= 11 is 0. The Morgan fingerprint density at radius 2 is 1.85 bits per heavy atom. The van der Waals surface area contributed by atoms with E-state index in [2.05, 4.69) is 5.32 Å². The summed E-state index contributed by atoms with van der Waals surface area (Å²) < 4.78 is 5.16. The highest BCUT2D eigenvalue weighted by Gasteiger charge is 2.34. The molecule has 1 aromatic carbocycles. The van der Waals surface area contributed by atoms with Crippen molar-refractivity contribution in [2.75, 3.05) is 26.3 Å². The zero-order valence-corrected chi connectivity index (χ0v) is 14.7. The third-order valence-electron chi connectivity index (χ3n) is 4.46. The average Bonchev–Trinajstić information content (AvgIpc) is 3.26. The van der Waals surface area contributed by atoms with Gasteiger partial charge in [0.25, 0.3) is 0 Å². The Balaban J connectivity index is 0.000000254. The Labute approximate surface area is 153 Å². The van der Waals surface area contributed by atoms with Gasteiger partial charge in [-0.15, -0.1) is 0 Å². The third kappa shape index (κ3) is 6.22. The van der Waals surface area contributed by atoms with Crippen molar-refractivity contribution in [1.29, 1.82) is 0 Å². The summed E-state index contributed by atoms with van der Waals surface area (Å²) in [6, 6.07) is 9.17. The molecule has 1 aromatic rings. The van der Waals surface area contributed by atoms with Crippen molar-refractivity contribution in [1.82, 2.24) is 10.2 Å². The van der Waals surface area contributed by atoms with E-state index in [1.54, 1.807) is 0 Å². The Morgan fingerprint density at radius 3 is 2.38 bits per heavy atom. The fraction of sp³-hybridized carbons (Fsp3) is 0.611. The highest BCUT2D eigenvalue weighted by Crippen LogP contribution is 2.18. The molecule has 0 radical (unpaired) electrons. The Bertz CT molecular complexity index is 544. The van der Waals surface area contributed by atoms with Crippen molar-refractivity contribution < 1.29 is 30.0 Å². The van der Waals surface area contributed by atoms with Gasteiger partial charge in [-0.2, -0.15) is 0 Å². The number of nitrogens with zero attached hydrogens (tertiary/aromatic N) is 1. The number of amides is 1. The minimum Gasteiger partial charge on any atom is -0.445 e. The summed E-state index contributed by atoms with van der Waals surface area (Å²) in [4.78, 5) is 13.2. The number of β-amino-alcohol motifs (C(OH)–C–C–N with tert-alkyl or cyclic N) is 2. The molecule has 2 fully saturated rings. The maximum Gasteiger partial charge on any atom is 0.410 e. The number of aliphatic hydroxyl groups is 4. The molecular weight excluding hydrogens is 340 g/mol. The SMILES string of the molecule is O=C(OCc1ccccc1)N1C[C@H](O)C[C@H]1CO.OC[C@@H]1C[C@@H](O)CN1. The molecule has 1 amide bonds. The largest absolute Gasteiger partial charge is 0.445 e. The molecule has 5 N–H and O–H groups in total. The number of benzene rings is 1. The predicted molar refractivity (Wildman–Crippen MR) is 94.3 cm³/mol. The molecule has 2 heterocycles. The molecule has 2 aliphatic rings. The van der Waals surface area contributed by atoms with E-state index in [9.17, 15) is 9.90 Å². The monoisotopic (exact) mass is 368 g/mol. The van der Waals surface area contributed by atoms with E-state index in [0.29, 0.717) is 19.4 Å². The molecule has 4 atom stereocenters. The summed E-state index contributed by atoms with van der Waals surface area (Å²) in [6.07, 6.45) is -0.221. The van der Waals surface area contributed by atoms with Crippen LogP contribution < -0.4 is 5.32 Å². The second kappa shape index (κ2) is 10.4. The second-order valence-corrected chi connectivity index (χ2v) is 6.60. The first kappa shape index (κ1) is 20.6. The van der Waals surface area contributed by atoms with E-state index in [-0.39, 0.29) is 44.6 Å². The van der Waals surface area contributed by atoms with E-state index in [1.165, 1.54) is 4.90 Å². The van der Waals surface area contributed by atoms with Gasteiger partial charge in [0, 0.05) is 12.6 Å². The second-order valence-electron chi connectivity index (χ2n) is 6.60. The number of nitrogens with one attached hydrogen (secondary N) is 1. The number of ether oxygens (including phenoxy) is 1. The number of hydrogen-bond acceptors (Lipinski definition) is 7. The van der Waals surface area contributed by atoms with Crippen LogP contribution in [0.1, 0.15) is 18.4 Å². The van der Waals surface area contributed by atoms with Crippen LogP contribution in [0.4, 0.5) is 4.79 Å². The van der Waals surface area contributed by atoms with Gasteiger partial charge in [0.15, 0.2) is 0 Å². The van der Waals surface area contributed by atoms with Crippen LogP contribution >= 0.6 is 0 Å². The summed E-state index contributed by atoms with van der Waals surface area (Å²) in [5.74, 6) is 0. The summed E-state index contributed by atoms with van der Waals surface area (Å²) in [6.45, 7) is 1.03. The van der Waals surface area contributed by atoms with Crippen molar-refractivity contribution >= 4 is 6.09 Å². The molecule has 3 rings (SSSR count). The highest BCUT2D eigenvalue weighted by molar-refractivity contribution is 5.68. The number of rotatable bonds is 4. The predicted octanol–water partition coefficient (Wildman–Crippen LogP) is -0.548. The van der Waals surface area contributed by atoms with Gasteiger partial charge in [-0.25, -0.2) is 4.79 Å². The van der Waals surface area contributed by atoms with Crippen LogP contribution in [0.2, 0.25) is 0 Å². The lowest BCUT2D eigenvalue weighted by Gasteiger charge is -2.21. The molecule has 2 aliphatic heterocycles. The summed E-state index contributed by atoms with van der Waals surface area (Å²) in [7, 11) is 0. The maximum absolute atomic E-state index is 11.8. The zero-order valence-electron chi connectivity index (χ0n) is 14.7. The molecule has 0 unspecified atom stereocenters. The Kier molecular flexibility index (Phi) is 8.27. The van der Waals surface area contributed by atoms with Crippen molar-refractivity contribution in [3.63, 3.8) is 0 Å². The van der Waals surface area contributed by atoms with E-state index in [0.717, 1.165) is 5.56 Å². The van der Waals surface area contributed by atoms with Crippen LogP contribution in [-0.2, 0) is 11.3 Å². The highest BCUT2D eigenvalue weighted by atomic mass is 16.6. The molecule has 0 bridgehead atoms. The molecule has 0 saturated carbocycles. The number of likely N-dealkylation sites (tertiary alicyclic amines) is 1. The van der Waals surface area contributed by atoms with Crippen molar-refractivity contribution in [2.24, 2.45) is 0 Å². The summed E-state index contributed by atoms with van der Waals surface area (Å²) in [5, 5.41) is 38.9. The van der Waals surface area contributed by atoms with Crippen LogP contribution in [0.5, 0.6) is 0 Å². The quantitative estimate of drug-likeness (QED) is 0.483. The third-order valence-corrected chi connectivity index (χ3v) is 4.46. The van der Waals surface area contributed by atoms with Gasteiger partial charge in [0.1, 0.15) is 6.61 Å². The van der Waals surface area contributed by atoms with Gasteiger partial charge in [0.2, 0.25) is 0 Å². The maximum atomic E-state index is 11.8. The lowest BCUT2D eigenvalue weighted by atomic mass is 10.2. The smallest absolute Gasteiger partial charge is 0.410 e. The van der Waals surface area contributed by atoms with Gasteiger partial charge in [0.05, 0.1) is 38.0 Å². The Morgan fingerprint density at radius 1 is 1.12 bits per heavy atom. The molecule has 146 valence electrons. The first-order valence-electron chi connectivity index (χ1n) is 8.82. The van der Waals surface area contributed by atoms with Crippen LogP contribution in [-0.4, -0.2) is 82.0 Å². The first-order chi connectivity index (χ1) is 12.5.